The van der Waals surface area contributed by atoms with Gasteiger partial charge in [-0.15, -0.1) is 0 Å². The molecular weight excluding hydrogens is 675 g/mol. The number of aromatic nitrogens is 5. The van der Waals surface area contributed by atoms with Gasteiger partial charge in [0.2, 0.25) is 5.91 Å². The second-order valence-corrected chi connectivity index (χ2v) is 14.5. The fourth-order valence-corrected chi connectivity index (χ4v) is 8.10. The van der Waals surface area contributed by atoms with E-state index in [2.05, 4.69) is 36.9 Å². The molecule has 12 nitrogen and oxygen atoms in total. The van der Waals surface area contributed by atoms with E-state index in [-0.39, 0.29) is 28.9 Å². The summed E-state index contributed by atoms with van der Waals surface area (Å²) >= 11 is 0. The maximum absolute atomic E-state index is 14.6. The Morgan fingerprint density at radius 3 is 2.42 bits per heavy atom. The van der Waals surface area contributed by atoms with Crippen LogP contribution in [-0.4, -0.2) is 77.5 Å². The molecule has 2 aromatic carbocycles. The topological polar surface area (TPSA) is 127 Å². The standard InChI is InChI=1S/C40H43FN8O4/c1-26(50)46-19-17-45(18-20-46)24-27-8-10-28(11-9-27)29-5-4-6-33(21-29)48-37-34(22-30(41)23-42-37)39(52)49(40(48)53)32-14-12-31(13-15-32)43-38(51)35-25-47-16-3-2-7-36(47)44-35/h4-6,8-11,21-23,25,31-32H,2-3,7,12-20,24H2,1H3,(H,43,51). The lowest BCUT2D eigenvalue weighted by Gasteiger charge is -2.34. The Hall–Kier alpha value is -5.43. The lowest BCUT2D eigenvalue weighted by atomic mass is 9.90. The maximum atomic E-state index is 14.6. The number of amides is 2. The molecule has 1 saturated carbocycles. The Morgan fingerprint density at radius 1 is 0.906 bits per heavy atom. The zero-order valence-corrected chi connectivity index (χ0v) is 29.8. The van der Waals surface area contributed by atoms with Crippen molar-refractivity contribution in [2.24, 2.45) is 0 Å². The molecule has 2 amide bonds. The van der Waals surface area contributed by atoms with Gasteiger partial charge in [0.15, 0.2) is 5.65 Å². The molecule has 0 bridgehead atoms. The van der Waals surface area contributed by atoms with Gasteiger partial charge in [0.1, 0.15) is 17.3 Å². The number of rotatable bonds is 7. The molecule has 0 radical (unpaired) electrons. The summed E-state index contributed by atoms with van der Waals surface area (Å²) < 4.78 is 19.3. The number of fused-ring (bicyclic) bond motifs is 2. The van der Waals surface area contributed by atoms with Crippen LogP contribution in [0.2, 0.25) is 0 Å². The van der Waals surface area contributed by atoms with Crippen molar-refractivity contribution in [3.8, 4) is 16.8 Å². The number of nitrogens with one attached hydrogen (secondary N) is 1. The predicted octanol–water partition coefficient (Wildman–Crippen LogP) is 4.46. The number of piperazine rings is 1. The fourth-order valence-electron chi connectivity index (χ4n) is 8.10. The van der Waals surface area contributed by atoms with Crippen molar-refractivity contribution in [3.05, 3.63) is 111 Å². The summed E-state index contributed by atoms with van der Waals surface area (Å²) in [5.41, 5.74) is 2.92. The molecule has 5 heterocycles. The molecule has 5 aromatic rings. The van der Waals surface area contributed by atoms with Crippen LogP contribution in [0.5, 0.6) is 0 Å². The minimum absolute atomic E-state index is 0.0302. The van der Waals surface area contributed by atoms with Crippen LogP contribution in [0, 0.1) is 5.82 Å². The van der Waals surface area contributed by atoms with Gasteiger partial charge in [0, 0.05) is 70.9 Å². The first-order chi connectivity index (χ1) is 25.7. The average molecular weight is 719 g/mol. The van der Waals surface area contributed by atoms with Crippen LogP contribution in [0.4, 0.5) is 4.39 Å². The van der Waals surface area contributed by atoms with Gasteiger partial charge in [-0.05, 0) is 73.4 Å². The van der Waals surface area contributed by atoms with E-state index in [0.29, 0.717) is 37.1 Å². The van der Waals surface area contributed by atoms with Crippen LogP contribution in [0.1, 0.15) is 73.4 Å². The summed E-state index contributed by atoms with van der Waals surface area (Å²) in [7, 11) is 0. The number of aryl methyl sites for hydroxylation is 2. The average Bonchev–Trinajstić information content (AvgIpc) is 3.62. The molecule has 0 unspecified atom stereocenters. The Kier molecular flexibility index (Phi) is 9.50. The zero-order valence-electron chi connectivity index (χ0n) is 29.8. The number of hydrogen-bond donors (Lipinski definition) is 1. The second-order valence-electron chi connectivity index (χ2n) is 14.5. The van der Waals surface area contributed by atoms with Crippen molar-refractivity contribution in [1.82, 2.24) is 38.8 Å². The number of imidazole rings is 1. The van der Waals surface area contributed by atoms with E-state index in [1.807, 2.05) is 41.4 Å². The molecule has 3 aliphatic rings. The molecule has 0 atom stereocenters. The lowest BCUT2D eigenvalue weighted by molar-refractivity contribution is -0.130. The number of pyridine rings is 1. The summed E-state index contributed by atoms with van der Waals surface area (Å²) in [4.78, 5) is 66.0. The van der Waals surface area contributed by atoms with E-state index in [4.69, 9.17) is 0 Å². The predicted molar refractivity (Wildman–Crippen MR) is 198 cm³/mol. The number of hydrogen-bond acceptors (Lipinski definition) is 7. The first-order valence-corrected chi connectivity index (χ1v) is 18.6. The highest BCUT2D eigenvalue weighted by atomic mass is 19.1. The van der Waals surface area contributed by atoms with Gasteiger partial charge >= 0.3 is 5.69 Å². The quantitative estimate of drug-likeness (QED) is 0.263. The van der Waals surface area contributed by atoms with Crippen LogP contribution in [0.25, 0.3) is 27.8 Å². The fraction of sp³-hybridized carbons (Fsp3) is 0.400. The van der Waals surface area contributed by atoms with Crippen LogP contribution in [0.3, 0.4) is 0 Å². The largest absolute Gasteiger partial charge is 0.348 e. The number of nitrogens with zero attached hydrogens (tertiary/aromatic N) is 7. The van der Waals surface area contributed by atoms with Gasteiger partial charge < -0.3 is 14.8 Å². The molecule has 0 spiro atoms. The highest BCUT2D eigenvalue weighted by molar-refractivity contribution is 5.92. The van der Waals surface area contributed by atoms with Crippen molar-refractivity contribution >= 4 is 22.8 Å². The van der Waals surface area contributed by atoms with Gasteiger partial charge in [-0.2, -0.15) is 0 Å². The number of carbonyl (C=O) groups excluding carboxylic acids is 2. The third kappa shape index (κ3) is 7.05. The summed E-state index contributed by atoms with van der Waals surface area (Å²) in [5.74, 6) is 0.191. The molecule has 1 saturated heterocycles. The van der Waals surface area contributed by atoms with Gasteiger partial charge in [-0.25, -0.2) is 23.7 Å². The number of benzene rings is 2. The molecule has 3 aromatic heterocycles. The monoisotopic (exact) mass is 718 g/mol. The van der Waals surface area contributed by atoms with Gasteiger partial charge in [-0.3, -0.25) is 23.9 Å². The van der Waals surface area contributed by atoms with Gasteiger partial charge in [-0.1, -0.05) is 36.4 Å². The minimum Gasteiger partial charge on any atom is -0.348 e. The van der Waals surface area contributed by atoms with Gasteiger partial charge in [0.25, 0.3) is 11.5 Å². The SMILES string of the molecule is CC(=O)N1CCN(Cc2ccc(-c3cccc(-n4c(=O)n(C5CCC(NC(=O)c6cn7c(n6)CCCC7)CC5)c(=O)c5cc(F)cnc54)c3)cc2)CC1. The highest BCUT2D eigenvalue weighted by Gasteiger charge is 2.29. The second kappa shape index (κ2) is 14.5. The molecule has 1 aliphatic carbocycles. The van der Waals surface area contributed by atoms with Crippen molar-refractivity contribution in [3.63, 3.8) is 0 Å². The Balaban J connectivity index is 1.02. The van der Waals surface area contributed by atoms with E-state index in [9.17, 15) is 23.6 Å². The van der Waals surface area contributed by atoms with Crippen LogP contribution in [0.15, 0.2) is 76.6 Å². The van der Waals surface area contributed by atoms with E-state index in [0.717, 1.165) is 93.3 Å². The Labute approximate surface area is 305 Å². The normalized spacial score (nSPS) is 19.2. The lowest BCUT2D eigenvalue weighted by Crippen LogP contribution is -2.47. The van der Waals surface area contributed by atoms with E-state index < -0.39 is 23.1 Å². The summed E-state index contributed by atoms with van der Waals surface area (Å²) in [5, 5.41) is 3.14. The van der Waals surface area contributed by atoms with Crippen LogP contribution in [-0.2, 0) is 24.3 Å². The molecule has 2 aliphatic heterocycles. The third-order valence-corrected chi connectivity index (χ3v) is 11.0. The van der Waals surface area contributed by atoms with Crippen molar-refractivity contribution in [2.75, 3.05) is 26.2 Å². The Morgan fingerprint density at radius 2 is 1.68 bits per heavy atom. The number of halogens is 1. The van der Waals surface area contributed by atoms with Crippen LogP contribution < -0.4 is 16.6 Å². The number of carbonyl (C=O) groups is 2. The molecule has 1 N–H and O–H groups in total. The Bertz CT molecular complexity index is 2270. The molecular formula is C40H43FN8O4. The summed E-state index contributed by atoms with van der Waals surface area (Å²) in [6, 6.07) is 16.4. The summed E-state index contributed by atoms with van der Waals surface area (Å²) in [6.07, 6.45) is 8.02. The van der Waals surface area contributed by atoms with Crippen molar-refractivity contribution < 1.29 is 14.0 Å². The van der Waals surface area contributed by atoms with E-state index in [1.54, 1.807) is 13.0 Å². The molecule has 13 heteroatoms. The van der Waals surface area contributed by atoms with Gasteiger partial charge in [0.05, 0.1) is 17.3 Å². The summed E-state index contributed by atoms with van der Waals surface area (Å²) in [6.45, 7) is 6.40. The van der Waals surface area contributed by atoms with Crippen molar-refractivity contribution in [1.29, 1.82) is 0 Å². The molecule has 53 heavy (non-hydrogen) atoms. The maximum Gasteiger partial charge on any atom is 0.337 e. The molecule has 2 fully saturated rings. The van der Waals surface area contributed by atoms with Crippen molar-refractivity contribution in [2.45, 2.75) is 77.0 Å². The molecule has 8 rings (SSSR count). The van der Waals surface area contributed by atoms with E-state index >= 15 is 0 Å². The zero-order chi connectivity index (χ0) is 36.6. The first kappa shape index (κ1) is 34.6. The third-order valence-electron chi connectivity index (χ3n) is 11.0. The molecule has 274 valence electrons. The smallest absolute Gasteiger partial charge is 0.337 e. The first-order valence-electron chi connectivity index (χ1n) is 18.6. The van der Waals surface area contributed by atoms with Crippen LogP contribution >= 0.6 is 0 Å². The highest BCUT2D eigenvalue weighted by Crippen LogP contribution is 2.29. The van der Waals surface area contributed by atoms with E-state index in [1.165, 1.54) is 9.13 Å². The minimum atomic E-state index is -0.659.